The number of rotatable bonds is 7. The van der Waals surface area contributed by atoms with Crippen LogP contribution < -0.4 is 0 Å². The molecule has 2 aromatic heterocycles. The third-order valence-corrected chi connectivity index (χ3v) is 6.15. The molecule has 1 unspecified atom stereocenters. The van der Waals surface area contributed by atoms with Crippen molar-refractivity contribution in [3.63, 3.8) is 0 Å². The Bertz CT molecular complexity index is 906. The minimum Gasteiger partial charge on any atom is -0.467 e. The molecule has 152 valence electrons. The lowest BCUT2D eigenvalue weighted by Crippen LogP contribution is -2.49. The van der Waals surface area contributed by atoms with Crippen LogP contribution in [0.25, 0.3) is 0 Å². The van der Waals surface area contributed by atoms with Gasteiger partial charge in [0.05, 0.1) is 12.0 Å². The third-order valence-electron chi connectivity index (χ3n) is 5.21. The number of thioether (sulfide) groups is 1. The van der Waals surface area contributed by atoms with Gasteiger partial charge in [0.15, 0.2) is 0 Å². The van der Waals surface area contributed by atoms with Crippen molar-refractivity contribution in [1.29, 1.82) is 0 Å². The Morgan fingerprint density at radius 2 is 1.93 bits per heavy atom. The van der Waals surface area contributed by atoms with Crippen molar-refractivity contribution < 1.29 is 9.21 Å². The number of carbonyl (C=O) groups excluding carboxylic acids is 1. The number of aromatic nitrogens is 4. The highest BCUT2D eigenvalue weighted by Crippen LogP contribution is 2.22. The van der Waals surface area contributed by atoms with Gasteiger partial charge < -0.3 is 9.32 Å². The van der Waals surface area contributed by atoms with E-state index in [1.54, 1.807) is 10.9 Å². The Morgan fingerprint density at radius 3 is 2.66 bits per heavy atom. The van der Waals surface area contributed by atoms with Gasteiger partial charge in [-0.3, -0.25) is 9.69 Å². The second kappa shape index (κ2) is 9.23. The van der Waals surface area contributed by atoms with Gasteiger partial charge >= 0.3 is 0 Å². The highest BCUT2D eigenvalue weighted by molar-refractivity contribution is 7.99. The molecule has 0 spiro atoms. The van der Waals surface area contributed by atoms with Gasteiger partial charge in [-0.25, -0.2) is 4.68 Å². The van der Waals surface area contributed by atoms with Crippen molar-refractivity contribution in [3.8, 4) is 0 Å². The normalized spacial score (nSPS) is 16.1. The van der Waals surface area contributed by atoms with E-state index in [0.717, 1.165) is 31.9 Å². The summed E-state index contributed by atoms with van der Waals surface area (Å²) in [4.78, 5) is 17.0. The first-order valence-corrected chi connectivity index (χ1v) is 10.7. The zero-order valence-electron chi connectivity index (χ0n) is 16.3. The van der Waals surface area contributed by atoms with Crippen molar-refractivity contribution in [1.82, 2.24) is 30.0 Å². The quantitative estimate of drug-likeness (QED) is 0.551. The Morgan fingerprint density at radius 1 is 1.14 bits per heavy atom. The number of amides is 1. The maximum atomic E-state index is 12.7. The van der Waals surface area contributed by atoms with Crippen LogP contribution in [0.5, 0.6) is 0 Å². The fourth-order valence-corrected chi connectivity index (χ4v) is 4.25. The number of benzene rings is 1. The maximum absolute atomic E-state index is 12.7. The van der Waals surface area contributed by atoms with Gasteiger partial charge in [0.2, 0.25) is 11.1 Å². The minimum atomic E-state index is 0.120. The average Bonchev–Trinajstić information content (AvgIpc) is 3.45. The monoisotopic (exact) mass is 412 g/mol. The Kier molecular flexibility index (Phi) is 6.26. The smallest absolute Gasteiger partial charge is 0.233 e. The van der Waals surface area contributed by atoms with Gasteiger partial charge in [0.25, 0.3) is 0 Å². The van der Waals surface area contributed by atoms with E-state index < -0.39 is 0 Å². The fraction of sp³-hybridized carbons (Fsp3) is 0.400. The van der Waals surface area contributed by atoms with E-state index >= 15 is 0 Å². The molecule has 0 aliphatic carbocycles. The second-order valence-corrected chi connectivity index (χ2v) is 7.93. The number of hydrogen-bond acceptors (Lipinski definition) is 7. The number of furan rings is 1. The standard InChI is InChI=1S/C20H24N6O2S/c1-16(17-6-3-2-4-7-17)24-9-11-25(12-10-24)19(27)15-29-20-21-22-23-26(20)14-18-8-5-13-28-18/h2-8,13,16H,9-12,14-15H2,1H3. The first kappa shape index (κ1) is 19.7. The molecule has 1 saturated heterocycles. The molecule has 0 radical (unpaired) electrons. The van der Waals surface area contributed by atoms with Gasteiger partial charge in [0.1, 0.15) is 12.3 Å². The van der Waals surface area contributed by atoms with Crippen LogP contribution in [0.4, 0.5) is 0 Å². The molecule has 3 aromatic rings. The van der Waals surface area contributed by atoms with Crippen LogP contribution in [0, 0.1) is 0 Å². The molecule has 8 nitrogen and oxygen atoms in total. The summed E-state index contributed by atoms with van der Waals surface area (Å²) >= 11 is 1.36. The highest BCUT2D eigenvalue weighted by Gasteiger charge is 2.25. The zero-order chi connectivity index (χ0) is 20.1. The summed E-state index contributed by atoms with van der Waals surface area (Å²) in [6, 6.07) is 14.6. The van der Waals surface area contributed by atoms with Crippen molar-refractivity contribution in [2.75, 3.05) is 31.9 Å². The van der Waals surface area contributed by atoms with Crippen LogP contribution in [0.2, 0.25) is 0 Å². The number of nitrogens with zero attached hydrogens (tertiary/aromatic N) is 6. The number of tetrazole rings is 1. The lowest BCUT2D eigenvalue weighted by atomic mass is 10.1. The third kappa shape index (κ3) is 4.86. The van der Waals surface area contributed by atoms with Crippen LogP contribution in [-0.2, 0) is 11.3 Å². The van der Waals surface area contributed by atoms with E-state index in [9.17, 15) is 4.79 Å². The van der Waals surface area contributed by atoms with Crippen LogP contribution in [0.3, 0.4) is 0 Å². The predicted molar refractivity (Wildman–Crippen MR) is 109 cm³/mol. The lowest BCUT2D eigenvalue weighted by molar-refractivity contribution is -0.130. The van der Waals surface area contributed by atoms with E-state index in [2.05, 4.69) is 51.6 Å². The van der Waals surface area contributed by atoms with Gasteiger partial charge in [-0.1, -0.05) is 42.1 Å². The van der Waals surface area contributed by atoms with Crippen LogP contribution in [0.1, 0.15) is 24.3 Å². The number of carbonyl (C=O) groups is 1. The predicted octanol–water partition coefficient (Wildman–Crippen LogP) is 2.31. The lowest BCUT2D eigenvalue weighted by Gasteiger charge is -2.38. The molecule has 1 atom stereocenters. The fourth-order valence-electron chi connectivity index (χ4n) is 3.47. The SMILES string of the molecule is CC(c1ccccc1)N1CCN(C(=O)CSc2nnnn2Cc2ccco2)CC1. The second-order valence-electron chi connectivity index (χ2n) is 6.99. The number of hydrogen-bond donors (Lipinski definition) is 0. The molecule has 1 fully saturated rings. The largest absolute Gasteiger partial charge is 0.467 e. The molecular weight excluding hydrogens is 388 g/mol. The average molecular weight is 413 g/mol. The Hall–Kier alpha value is -2.65. The number of piperazine rings is 1. The molecule has 3 heterocycles. The zero-order valence-corrected chi connectivity index (χ0v) is 17.2. The van der Waals surface area contributed by atoms with Gasteiger partial charge in [-0.15, -0.1) is 5.10 Å². The van der Waals surface area contributed by atoms with Gasteiger partial charge in [-0.05, 0) is 35.0 Å². The molecule has 1 amide bonds. The molecule has 1 aliphatic heterocycles. The van der Waals surface area contributed by atoms with Crippen LogP contribution >= 0.6 is 11.8 Å². The first-order valence-electron chi connectivity index (χ1n) is 9.69. The minimum absolute atomic E-state index is 0.120. The van der Waals surface area contributed by atoms with Crippen molar-refractivity contribution >= 4 is 17.7 Å². The maximum Gasteiger partial charge on any atom is 0.233 e. The highest BCUT2D eigenvalue weighted by atomic mass is 32.2. The molecule has 29 heavy (non-hydrogen) atoms. The molecule has 9 heteroatoms. The molecule has 4 rings (SSSR count). The van der Waals surface area contributed by atoms with E-state index in [4.69, 9.17) is 4.42 Å². The molecular formula is C20H24N6O2S. The van der Waals surface area contributed by atoms with Gasteiger partial charge in [-0.2, -0.15) is 0 Å². The Labute approximate surface area is 173 Å². The van der Waals surface area contributed by atoms with E-state index in [1.165, 1.54) is 17.3 Å². The summed E-state index contributed by atoms with van der Waals surface area (Å²) in [5, 5.41) is 12.3. The summed E-state index contributed by atoms with van der Waals surface area (Å²) in [7, 11) is 0. The summed E-state index contributed by atoms with van der Waals surface area (Å²) < 4.78 is 6.99. The van der Waals surface area contributed by atoms with E-state index in [-0.39, 0.29) is 5.91 Å². The molecule has 1 aliphatic rings. The first-order chi connectivity index (χ1) is 14.2. The summed E-state index contributed by atoms with van der Waals surface area (Å²) in [5.41, 5.74) is 1.31. The van der Waals surface area contributed by atoms with Crippen LogP contribution in [-0.4, -0.2) is 67.8 Å². The van der Waals surface area contributed by atoms with Crippen LogP contribution in [0.15, 0.2) is 58.3 Å². The summed E-state index contributed by atoms with van der Waals surface area (Å²) in [5.74, 6) is 1.22. The van der Waals surface area contributed by atoms with Crippen molar-refractivity contribution in [2.45, 2.75) is 24.7 Å². The molecule has 0 saturated carbocycles. The molecule has 1 aromatic carbocycles. The van der Waals surface area contributed by atoms with E-state index in [0.29, 0.717) is 23.5 Å². The van der Waals surface area contributed by atoms with E-state index in [1.807, 2.05) is 23.1 Å². The topological polar surface area (TPSA) is 80.3 Å². The van der Waals surface area contributed by atoms with Crippen molar-refractivity contribution in [2.24, 2.45) is 0 Å². The molecule has 0 bridgehead atoms. The summed E-state index contributed by atoms with van der Waals surface area (Å²) in [6.45, 7) is 5.92. The van der Waals surface area contributed by atoms with Crippen molar-refractivity contribution in [3.05, 3.63) is 60.1 Å². The summed E-state index contributed by atoms with van der Waals surface area (Å²) in [6.07, 6.45) is 1.62. The Balaban J connectivity index is 1.26. The van der Waals surface area contributed by atoms with Gasteiger partial charge in [0, 0.05) is 32.2 Å². The molecule has 0 N–H and O–H groups in total.